The Morgan fingerprint density at radius 2 is 1.41 bits per heavy atom. The summed E-state index contributed by atoms with van der Waals surface area (Å²) in [5.41, 5.74) is 16.1. The van der Waals surface area contributed by atoms with Crippen molar-refractivity contribution in [3.63, 3.8) is 0 Å². The molecule has 0 spiro atoms. The first kappa shape index (κ1) is 30.5. The molecule has 12 N–H and O–H groups in total. The van der Waals surface area contributed by atoms with E-state index in [0.717, 1.165) is 0 Å². The highest BCUT2D eigenvalue weighted by molar-refractivity contribution is 5.95. The molecule has 194 valence electrons. The molecule has 0 aromatic carbocycles. The Kier molecular flexibility index (Phi) is 13.8. The van der Waals surface area contributed by atoms with E-state index in [-0.39, 0.29) is 37.7 Å². The number of aliphatic hydroxyl groups excluding tert-OH is 1. The number of carboxylic acids is 2. The molecule has 0 aromatic heterocycles. The molecule has 0 aliphatic carbocycles. The van der Waals surface area contributed by atoms with Gasteiger partial charge in [-0.25, -0.2) is 4.79 Å². The Morgan fingerprint density at radius 1 is 0.882 bits per heavy atom. The lowest BCUT2D eigenvalue weighted by molar-refractivity contribution is -0.143. The second kappa shape index (κ2) is 15.4. The van der Waals surface area contributed by atoms with Crippen LogP contribution in [0.4, 0.5) is 0 Å². The number of nitrogens with zero attached hydrogens (tertiary/aromatic N) is 1. The standard InChI is InChI=1S/C19H35N7O8/c1-9(2)6-10(20)15(30)25-12(7-14(28)29)16(31)26-13(8-27)17(32)24-11(18(33)34)4-3-5-23-19(21)22/h9-13,27H,3-8,20H2,1-2H3,(H,24,32)(H,25,30)(H,26,31)(H,28,29)(H,33,34)(H4,21,22,23). The number of carbonyl (C=O) groups is 5. The normalized spacial score (nSPS) is 14.3. The summed E-state index contributed by atoms with van der Waals surface area (Å²) in [5, 5.41) is 34.4. The Hall–Kier alpha value is -3.46. The molecule has 15 nitrogen and oxygen atoms in total. The number of aliphatic carboxylic acids is 2. The molecule has 0 aliphatic rings. The Bertz CT molecular complexity index is 755. The van der Waals surface area contributed by atoms with Crippen molar-refractivity contribution in [2.75, 3.05) is 13.2 Å². The maximum atomic E-state index is 12.6. The number of amides is 3. The van der Waals surface area contributed by atoms with E-state index in [9.17, 15) is 34.2 Å². The van der Waals surface area contributed by atoms with Gasteiger partial charge in [0.2, 0.25) is 17.7 Å². The average Bonchev–Trinajstić information content (AvgIpc) is 2.71. The van der Waals surface area contributed by atoms with Gasteiger partial charge >= 0.3 is 11.9 Å². The molecule has 0 rings (SSSR count). The monoisotopic (exact) mass is 489 g/mol. The Balaban J connectivity index is 5.21. The molecular weight excluding hydrogens is 454 g/mol. The topological polar surface area (TPSA) is 273 Å². The van der Waals surface area contributed by atoms with Crippen LogP contribution in [0.3, 0.4) is 0 Å². The zero-order valence-corrected chi connectivity index (χ0v) is 19.2. The first-order valence-electron chi connectivity index (χ1n) is 10.6. The number of nitrogens with two attached hydrogens (primary N) is 3. The molecule has 0 fully saturated rings. The molecule has 15 heteroatoms. The second-order valence-electron chi connectivity index (χ2n) is 7.99. The summed E-state index contributed by atoms with van der Waals surface area (Å²) in [7, 11) is 0. The van der Waals surface area contributed by atoms with Crippen LogP contribution in [0, 0.1) is 5.92 Å². The summed E-state index contributed by atoms with van der Waals surface area (Å²) in [4.78, 5) is 63.4. The van der Waals surface area contributed by atoms with Gasteiger partial charge in [0, 0.05) is 6.54 Å². The minimum Gasteiger partial charge on any atom is -0.481 e. The van der Waals surface area contributed by atoms with E-state index < -0.39 is 66.9 Å². The van der Waals surface area contributed by atoms with Crippen LogP contribution < -0.4 is 33.2 Å². The first-order chi connectivity index (χ1) is 15.8. The summed E-state index contributed by atoms with van der Waals surface area (Å²) in [6.45, 7) is 2.85. The summed E-state index contributed by atoms with van der Waals surface area (Å²) < 4.78 is 0. The molecular formula is C19H35N7O8. The summed E-state index contributed by atoms with van der Waals surface area (Å²) in [6, 6.07) is -5.54. The smallest absolute Gasteiger partial charge is 0.326 e. The molecule has 0 bridgehead atoms. The van der Waals surface area contributed by atoms with Gasteiger partial charge in [-0.2, -0.15) is 0 Å². The molecule has 0 radical (unpaired) electrons. The fourth-order valence-corrected chi connectivity index (χ4v) is 2.78. The van der Waals surface area contributed by atoms with Gasteiger partial charge < -0.3 is 48.5 Å². The summed E-state index contributed by atoms with van der Waals surface area (Å²) in [5.74, 6) is -5.73. The lowest BCUT2D eigenvalue weighted by atomic mass is 10.0. The van der Waals surface area contributed by atoms with Crippen molar-refractivity contribution in [3.8, 4) is 0 Å². The number of carbonyl (C=O) groups excluding carboxylic acids is 3. The van der Waals surface area contributed by atoms with Crippen molar-refractivity contribution in [3.05, 3.63) is 0 Å². The third-order valence-electron chi connectivity index (χ3n) is 4.45. The van der Waals surface area contributed by atoms with Gasteiger partial charge in [0.25, 0.3) is 0 Å². The molecule has 34 heavy (non-hydrogen) atoms. The minimum absolute atomic E-state index is 0.0462. The van der Waals surface area contributed by atoms with Crippen LogP contribution in [0.2, 0.25) is 0 Å². The number of aliphatic hydroxyl groups is 1. The number of aliphatic imine (C=N–C) groups is 1. The van der Waals surface area contributed by atoms with Crippen LogP contribution in [0.15, 0.2) is 4.99 Å². The van der Waals surface area contributed by atoms with E-state index in [0.29, 0.717) is 0 Å². The van der Waals surface area contributed by atoms with Crippen molar-refractivity contribution < 1.29 is 39.3 Å². The van der Waals surface area contributed by atoms with Gasteiger partial charge in [-0.15, -0.1) is 0 Å². The number of carboxylic acid groups (broad SMARTS) is 2. The molecule has 4 atom stereocenters. The van der Waals surface area contributed by atoms with Gasteiger partial charge in [-0.05, 0) is 25.2 Å². The Morgan fingerprint density at radius 3 is 1.88 bits per heavy atom. The maximum absolute atomic E-state index is 12.6. The minimum atomic E-state index is -1.61. The number of hydrogen-bond donors (Lipinski definition) is 9. The third kappa shape index (κ3) is 12.5. The Labute approximate surface area is 196 Å². The van der Waals surface area contributed by atoms with Crippen molar-refractivity contribution in [1.29, 1.82) is 0 Å². The van der Waals surface area contributed by atoms with Gasteiger partial charge in [-0.1, -0.05) is 13.8 Å². The average molecular weight is 490 g/mol. The number of nitrogens with one attached hydrogen (secondary N) is 3. The summed E-state index contributed by atoms with van der Waals surface area (Å²) in [6.07, 6.45) is -0.354. The van der Waals surface area contributed by atoms with E-state index in [1.807, 2.05) is 13.8 Å². The fraction of sp³-hybridized carbons (Fsp3) is 0.684. The summed E-state index contributed by atoms with van der Waals surface area (Å²) >= 11 is 0. The lowest BCUT2D eigenvalue weighted by Gasteiger charge is -2.24. The number of guanidine groups is 1. The van der Waals surface area contributed by atoms with Crippen LogP contribution in [0.1, 0.15) is 39.5 Å². The molecule has 0 aliphatic heterocycles. The zero-order valence-electron chi connectivity index (χ0n) is 19.2. The molecule has 0 aromatic rings. The van der Waals surface area contributed by atoms with E-state index in [4.69, 9.17) is 22.3 Å². The molecule has 0 saturated carbocycles. The van der Waals surface area contributed by atoms with Crippen molar-refractivity contribution in [2.24, 2.45) is 28.1 Å². The van der Waals surface area contributed by atoms with Crippen LogP contribution in [-0.4, -0.2) is 88.3 Å². The van der Waals surface area contributed by atoms with E-state index >= 15 is 0 Å². The molecule has 0 heterocycles. The van der Waals surface area contributed by atoms with Crippen LogP contribution in [0.5, 0.6) is 0 Å². The molecule has 4 unspecified atom stereocenters. The van der Waals surface area contributed by atoms with Crippen molar-refractivity contribution in [2.45, 2.75) is 63.7 Å². The van der Waals surface area contributed by atoms with E-state index in [2.05, 4.69) is 20.9 Å². The predicted molar refractivity (Wildman–Crippen MR) is 120 cm³/mol. The van der Waals surface area contributed by atoms with Crippen molar-refractivity contribution >= 4 is 35.6 Å². The number of hydrogen-bond acceptors (Lipinski definition) is 8. The highest BCUT2D eigenvalue weighted by Gasteiger charge is 2.31. The van der Waals surface area contributed by atoms with Gasteiger partial charge in [-0.3, -0.25) is 24.2 Å². The van der Waals surface area contributed by atoms with Gasteiger partial charge in [0.1, 0.15) is 18.1 Å². The lowest BCUT2D eigenvalue weighted by Crippen LogP contribution is -2.58. The highest BCUT2D eigenvalue weighted by Crippen LogP contribution is 2.04. The van der Waals surface area contributed by atoms with Crippen LogP contribution in [-0.2, 0) is 24.0 Å². The second-order valence-corrected chi connectivity index (χ2v) is 7.99. The molecule has 3 amide bonds. The fourth-order valence-electron chi connectivity index (χ4n) is 2.78. The predicted octanol–water partition coefficient (Wildman–Crippen LogP) is -3.58. The van der Waals surface area contributed by atoms with Crippen LogP contribution >= 0.6 is 0 Å². The van der Waals surface area contributed by atoms with Crippen molar-refractivity contribution in [1.82, 2.24) is 16.0 Å². The highest BCUT2D eigenvalue weighted by atomic mass is 16.4. The van der Waals surface area contributed by atoms with Crippen LogP contribution in [0.25, 0.3) is 0 Å². The van der Waals surface area contributed by atoms with Gasteiger partial charge in [0.15, 0.2) is 5.96 Å². The molecule has 0 saturated heterocycles. The third-order valence-corrected chi connectivity index (χ3v) is 4.45. The maximum Gasteiger partial charge on any atom is 0.326 e. The van der Waals surface area contributed by atoms with Gasteiger partial charge in [0.05, 0.1) is 19.1 Å². The van der Waals surface area contributed by atoms with E-state index in [1.165, 1.54) is 0 Å². The SMILES string of the molecule is CC(C)CC(N)C(=O)NC(CC(=O)O)C(=O)NC(CO)C(=O)NC(CCCN=C(N)N)C(=O)O. The largest absolute Gasteiger partial charge is 0.481 e. The van der Waals surface area contributed by atoms with E-state index in [1.54, 1.807) is 0 Å². The number of rotatable bonds is 16. The first-order valence-corrected chi connectivity index (χ1v) is 10.6. The quantitative estimate of drug-likeness (QED) is 0.0580. The zero-order chi connectivity index (χ0) is 26.4.